The molecule has 0 aliphatic rings. The quantitative estimate of drug-likeness (QED) is 0.626. The van der Waals surface area contributed by atoms with Crippen LogP contribution in [0, 0.1) is 17.0 Å². The fourth-order valence-electron chi connectivity index (χ4n) is 1.61. The highest BCUT2D eigenvalue weighted by Gasteiger charge is 2.18. The third-order valence-corrected chi connectivity index (χ3v) is 2.86. The SMILES string of the molecule is Cc1ccccc1-c1ncc(Br)cc1[N+](=O)[O-]. The van der Waals surface area contributed by atoms with Gasteiger partial charge in [0.15, 0.2) is 0 Å². The van der Waals surface area contributed by atoms with Gasteiger partial charge in [0.05, 0.1) is 4.92 Å². The molecule has 0 fully saturated rings. The first-order chi connectivity index (χ1) is 8.09. The Balaban J connectivity index is 2.68. The van der Waals surface area contributed by atoms with Crippen molar-refractivity contribution in [1.29, 1.82) is 0 Å². The topological polar surface area (TPSA) is 56.0 Å². The average molecular weight is 293 g/mol. The van der Waals surface area contributed by atoms with Gasteiger partial charge in [-0.1, -0.05) is 24.3 Å². The van der Waals surface area contributed by atoms with Gasteiger partial charge in [0, 0.05) is 22.3 Å². The molecule has 2 rings (SSSR count). The molecule has 4 nitrogen and oxygen atoms in total. The van der Waals surface area contributed by atoms with Crippen LogP contribution in [-0.4, -0.2) is 9.91 Å². The van der Waals surface area contributed by atoms with E-state index in [0.29, 0.717) is 10.2 Å². The number of halogens is 1. The molecule has 0 aliphatic heterocycles. The summed E-state index contributed by atoms with van der Waals surface area (Å²) in [6.07, 6.45) is 1.56. The Morgan fingerprint density at radius 2 is 2.06 bits per heavy atom. The van der Waals surface area contributed by atoms with Gasteiger partial charge in [0.2, 0.25) is 0 Å². The van der Waals surface area contributed by atoms with Crippen LogP contribution < -0.4 is 0 Å². The summed E-state index contributed by atoms with van der Waals surface area (Å²) >= 11 is 3.19. The monoisotopic (exact) mass is 292 g/mol. The van der Waals surface area contributed by atoms with Crippen LogP contribution in [0.15, 0.2) is 41.0 Å². The first kappa shape index (κ1) is 11.7. The molecule has 1 heterocycles. The molecule has 0 amide bonds. The Kier molecular flexibility index (Phi) is 3.19. The first-order valence-electron chi connectivity index (χ1n) is 4.95. The largest absolute Gasteiger partial charge is 0.296 e. The van der Waals surface area contributed by atoms with Gasteiger partial charge in [-0.3, -0.25) is 10.1 Å². The summed E-state index contributed by atoms with van der Waals surface area (Å²) in [5.74, 6) is 0. The lowest BCUT2D eigenvalue weighted by Crippen LogP contribution is -1.96. The molecule has 0 N–H and O–H groups in total. The summed E-state index contributed by atoms with van der Waals surface area (Å²) in [5, 5.41) is 11.0. The van der Waals surface area contributed by atoms with Gasteiger partial charge >= 0.3 is 0 Å². The standard InChI is InChI=1S/C12H9BrN2O2/c1-8-4-2-3-5-10(8)12-11(15(16)17)6-9(13)7-14-12/h2-7H,1H3. The van der Waals surface area contributed by atoms with Crippen LogP contribution >= 0.6 is 15.9 Å². The summed E-state index contributed by atoms with van der Waals surface area (Å²) in [7, 11) is 0. The van der Waals surface area contributed by atoms with E-state index < -0.39 is 4.92 Å². The number of hydrogen-bond acceptors (Lipinski definition) is 3. The third-order valence-electron chi connectivity index (χ3n) is 2.43. The van der Waals surface area contributed by atoms with Crippen LogP contribution in [0.25, 0.3) is 11.3 Å². The lowest BCUT2D eigenvalue weighted by atomic mass is 10.0. The van der Waals surface area contributed by atoms with Gasteiger partial charge in [-0.2, -0.15) is 0 Å². The average Bonchev–Trinajstić information content (AvgIpc) is 2.30. The minimum atomic E-state index is -0.417. The summed E-state index contributed by atoms with van der Waals surface area (Å²) in [6, 6.07) is 8.94. The lowest BCUT2D eigenvalue weighted by molar-refractivity contribution is -0.384. The maximum Gasteiger partial charge on any atom is 0.296 e. The molecule has 0 unspecified atom stereocenters. The molecule has 0 atom stereocenters. The number of rotatable bonds is 2. The number of aryl methyl sites for hydroxylation is 1. The summed E-state index contributed by atoms with van der Waals surface area (Å²) in [4.78, 5) is 14.7. The second-order valence-corrected chi connectivity index (χ2v) is 4.51. The van der Waals surface area contributed by atoms with Crippen molar-refractivity contribution >= 4 is 21.6 Å². The van der Waals surface area contributed by atoms with Crippen LogP contribution in [0.5, 0.6) is 0 Å². The fraction of sp³-hybridized carbons (Fsp3) is 0.0833. The molecule has 2 aromatic rings. The molecule has 0 bridgehead atoms. The highest BCUT2D eigenvalue weighted by atomic mass is 79.9. The molecule has 0 saturated carbocycles. The van der Waals surface area contributed by atoms with Gasteiger partial charge in [0.25, 0.3) is 5.69 Å². The Labute approximate surface area is 107 Å². The second-order valence-electron chi connectivity index (χ2n) is 3.59. The van der Waals surface area contributed by atoms with Crippen LogP contribution in [0.4, 0.5) is 5.69 Å². The van der Waals surface area contributed by atoms with Crippen LogP contribution in [0.2, 0.25) is 0 Å². The van der Waals surface area contributed by atoms with Gasteiger partial charge in [0.1, 0.15) is 5.69 Å². The highest BCUT2D eigenvalue weighted by molar-refractivity contribution is 9.10. The van der Waals surface area contributed by atoms with E-state index in [1.54, 1.807) is 6.20 Å². The zero-order chi connectivity index (χ0) is 12.4. The predicted octanol–water partition coefficient (Wildman–Crippen LogP) is 3.73. The second kappa shape index (κ2) is 4.63. The Morgan fingerprint density at radius 1 is 1.35 bits per heavy atom. The molecule has 0 aliphatic carbocycles. The third kappa shape index (κ3) is 2.34. The minimum absolute atomic E-state index is 0.00803. The maximum absolute atomic E-state index is 11.0. The molecule has 5 heteroatoms. The van der Waals surface area contributed by atoms with E-state index in [2.05, 4.69) is 20.9 Å². The molecular weight excluding hydrogens is 284 g/mol. The number of hydrogen-bond donors (Lipinski definition) is 0. The van der Waals surface area contributed by atoms with Crippen molar-refractivity contribution in [3.8, 4) is 11.3 Å². The summed E-state index contributed by atoms with van der Waals surface area (Å²) in [5.41, 5.74) is 2.15. The number of aromatic nitrogens is 1. The van der Waals surface area contributed by atoms with E-state index in [0.717, 1.165) is 11.1 Å². The van der Waals surface area contributed by atoms with E-state index in [-0.39, 0.29) is 5.69 Å². The Morgan fingerprint density at radius 3 is 2.71 bits per heavy atom. The van der Waals surface area contributed by atoms with Crippen molar-refractivity contribution in [2.45, 2.75) is 6.92 Å². The number of nitro groups is 1. The molecule has 1 aromatic carbocycles. The van der Waals surface area contributed by atoms with Crippen LogP contribution in [-0.2, 0) is 0 Å². The maximum atomic E-state index is 11.0. The molecule has 86 valence electrons. The van der Waals surface area contributed by atoms with Crippen molar-refractivity contribution < 1.29 is 4.92 Å². The number of benzene rings is 1. The predicted molar refractivity (Wildman–Crippen MR) is 68.8 cm³/mol. The van der Waals surface area contributed by atoms with Crippen molar-refractivity contribution in [2.75, 3.05) is 0 Å². The minimum Gasteiger partial charge on any atom is -0.258 e. The van der Waals surface area contributed by atoms with Crippen molar-refractivity contribution in [2.24, 2.45) is 0 Å². The van der Waals surface area contributed by atoms with Gasteiger partial charge in [-0.25, -0.2) is 4.98 Å². The van der Waals surface area contributed by atoms with Crippen LogP contribution in [0.1, 0.15) is 5.56 Å². The number of pyridine rings is 1. The molecule has 0 radical (unpaired) electrons. The van der Waals surface area contributed by atoms with Gasteiger partial charge in [-0.15, -0.1) is 0 Å². The molecule has 0 saturated heterocycles. The number of nitrogens with zero attached hydrogens (tertiary/aromatic N) is 2. The Bertz CT molecular complexity index is 584. The smallest absolute Gasteiger partial charge is 0.258 e. The van der Waals surface area contributed by atoms with E-state index in [1.807, 2.05) is 31.2 Å². The Hall–Kier alpha value is -1.75. The fourth-order valence-corrected chi connectivity index (χ4v) is 1.93. The van der Waals surface area contributed by atoms with E-state index in [1.165, 1.54) is 6.07 Å². The van der Waals surface area contributed by atoms with E-state index >= 15 is 0 Å². The highest BCUT2D eigenvalue weighted by Crippen LogP contribution is 2.31. The normalized spacial score (nSPS) is 10.2. The molecule has 17 heavy (non-hydrogen) atoms. The zero-order valence-corrected chi connectivity index (χ0v) is 10.6. The zero-order valence-electron chi connectivity index (χ0n) is 9.05. The van der Waals surface area contributed by atoms with Crippen molar-refractivity contribution in [1.82, 2.24) is 4.98 Å². The summed E-state index contributed by atoms with van der Waals surface area (Å²) in [6.45, 7) is 1.91. The lowest BCUT2D eigenvalue weighted by Gasteiger charge is -2.05. The van der Waals surface area contributed by atoms with Crippen molar-refractivity contribution in [3.63, 3.8) is 0 Å². The van der Waals surface area contributed by atoms with Crippen molar-refractivity contribution in [3.05, 3.63) is 56.7 Å². The molecule has 1 aromatic heterocycles. The van der Waals surface area contributed by atoms with E-state index in [9.17, 15) is 10.1 Å². The summed E-state index contributed by atoms with van der Waals surface area (Å²) < 4.78 is 0.599. The van der Waals surface area contributed by atoms with Gasteiger partial charge in [-0.05, 0) is 28.4 Å². The van der Waals surface area contributed by atoms with Gasteiger partial charge < -0.3 is 0 Å². The van der Waals surface area contributed by atoms with E-state index in [4.69, 9.17) is 0 Å². The molecule has 0 spiro atoms. The molecular formula is C12H9BrN2O2. The first-order valence-corrected chi connectivity index (χ1v) is 5.75. The van der Waals surface area contributed by atoms with Crippen LogP contribution in [0.3, 0.4) is 0 Å².